The minimum atomic E-state index is -4.32. The molecule has 0 radical (unpaired) electrons. The van der Waals surface area contributed by atoms with Crippen molar-refractivity contribution in [2.75, 3.05) is 13.2 Å². The fourth-order valence-electron chi connectivity index (χ4n) is 17.1. The van der Waals surface area contributed by atoms with E-state index in [9.17, 15) is 10.2 Å². The maximum atomic E-state index is 12.3. The topological polar surface area (TPSA) is 145 Å². The maximum Gasteiger partial charge on any atom is 0.599 e. The van der Waals surface area contributed by atoms with Crippen molar-refractivity contribution in [3.05, 3.63) is 111 Å². The summed E-state index contributed by atoms with van der Waals surface area (Å²) in [5, 5.41) is 26.5. The lowest BCUT2D eigenvalue weighted by atomic mass is 9.48. The molecule has 3 N–H and O–H groups in total. The molecule has 67 heavy (non-hydrogen) atoms. The van der Waals surface area contributed by atoms with Gasteiger partial charge in [0, 0.05) is 57.4 Å². The molecule has 0 saturated heterocycles. The second-order valence-electron chi connectivity index (χ2n) is 23.4. The van der Waals surface area contributed by atoms with Gasteiger partial charge in [-0.25, -0.2) is 25.0 Å². The van der Waals surface area contributed by atoms with Gasteiger partial charge in [-0.05, 0) is 137 Å². The fraction of sp³-hybridized carbons (Fsp3) is 0.500. The second-order valence-corrected chi connectivity index (χ2v) is 26.0. The number of benzene rings is 2. The van der Waals surface area contributed by atoms with Crippen molar-refractivity contribution in [1.29, 1.82) is 0 Å². The largest absolute Gasteiger partial charge is 0.599 e. The monoisotopic (exact) mass is 908 g/mol. The van der Waals surface area contributed by atoms with Crippen molar-refractivity contribution >= 4 is 54.9 Å². The Balaban J connectivity index is 1.03. The van der Waals surface area contributed by atoms with Gasteiger partial charge in [-0.1, -0.05) is 72.8 Å². The van der Waals surface area contributed by atoms with Gasteiger partial charge in [-0.15, -0.1) is 0 Å². The van der Waals surface area contributed by atoms with Crippen LogP contribution >= 0.6 is 0 Å². The minimum absolute atomic E-state index is 0.221. The average molecular weight is 909 g/mol. The lowest BCUT2D eigenvalue weighted by molar-refractivity contribution is -0.182. The highest BCUT2D eigenvalue weighted by Gasteiger charge is 2.65. The Morgan fingerprint density at radius 2 is 1.30 bits per heavy atom. The number of aliphatic imine (C=N–C) groups is 3. The molecule has 14 bridgehead atoms. The second kappa shape index (κ2) is 13.2. The van der Waals surface area contributed by atoms with E-state index < -0.39 is 26.3 Å². The molecule has 13 heteroatoms. The SMILES string of the molecule is OC12CC3CC(C1)CC(CO[Si]1(OCC45CC6CC(CC(O)(C6)C4)C5)N4C5=Nc6[nH]c(c7c6C=CCC7)N=c6c7ccccc7c(n61)=NC1=NC(=NC4c4ccccc45)C4=C1C=CCC4)(C3)C2. The van der Waals surface area contributed by atoms with Gasteiger partial charge in [-0.2, -0.15) is 0 Å². The fourth-order valence-corrected chi connectivity index (χ4v) is 20.8. The number of aliphatic hydroxyl groups is 2. The van der Waals surface area contributed by atoms with Crippen molar-refractivity contribution < 1.29 is 19.1 Å². The number of fused-ring (bicyclic) bond motifs is 14. The van der Waals surface area contributed by atoms with Crippen molar-refractivity contribution in [2.45, 2.75) is 120 Å². The van der Waals surface area contributed by atoms with E-state index in [0.717, 1.165) is 163 Å². The number of aromatic amines is 1. The van der Waals surface area contributed by atoms with Crippen LogP contribution in [0.15, 0.2) is 103 Å². The van der Waals surface area contributed by atoms with Gasteiger partial charge in [0.05, 0.1) is 11.2 Å². The molecule has 0 amide bonds. The minimum Gasteiger partial charge on any atom is -0.390 e. The van der Waals surface area contributed by atoms with Crippen LogP contribution in [0.25, 0.3) is 16.8 Å². The van der Waals surface area contributed by atoms with E-state index in [4.69, 9.17) is 33.8 Å². The zero-order chi connectivity index (χ0) is 44.1. The number of H-pyrrole nitrogens is 1. The van der Waals surface area contributed by atoms with Crippen LogP contribution < -0.4 is 11.0 Å². The number of hydrogen-bond acceptors (Lipinski definition) is 10. The lowest BCUT2D eigenvalue weighted by Crippen LogP contribution is -2.72. The van der Waals surface area contributed by atoms with Crippen LogP contribution in [-0.2, 0) is 15.3 Å². The number of rotatable bonds is 6. The molecule has 12 nitrogen and oxygen atoms in total. The first-order chi connectivity index (χ1) is 32.6. The molecular weight excluding hydrogens is 853 g/mol. The van der Waals surface area contributed by atoms with Crippen LogP contribution in [0.5, 0.6) is 0 Å². The molecule has 5 unspecified atom stereocenters. The summed E-state index contributed by atoms with van der Waals surface area (Å²) in [6.45, 7) is 0.851. The molecule has 340 valence electrons. The Hall–Kier alpha value is -5.05. The number of hydrogen-bond donors (Lipinski definition) is 3. The maximum absolute atomic E-state index is 12.3. The van der Waals surface area contributed by atoms with Crippen LogP contribution in [0, 0.1) is 34.5 Å². The average Bonchev–Trinajstić information content (AvgIpc) is 4.01. The van der Waals surface area contributed by atoms with Crippen LogP contribution in [0.3, 0.4) is 0 Å². The van der Waals surface area contributed by atoms with E-state index in [2.05, 4.69) is 86.6 Å². The Morgan fingerprint density at radius 3 is 1.99 bits per heavy atom. The summed E-state index contributed by atoms with van der Waals surface area (Å²) in [5.74, 6) is 5.61. The standard InChI is InChI=1S/C54H56N8O4Si/c63-53-23-31-17-32(24-53)20-51(19-31,27-53)29-65-67(66-30-52-21-33-18-34(22-52)26-54(64,25-33)28-52)61-47-39-13-5-6-14-40(39)49(61)59-45-37-11-3-4-12-38(37)46(56-45)60-50-42-16-8-7-15-41(42)48(62(50)67)58-44-36-10-2-1-9-35(36)43(55-44)57-47/h1,4-9,12-16,31-34,48,56,63-64H,2-3,10-11,17-30H2. The molecule has 0 spiro atoms. The molecule has 2 aromatic carbocycles. The van der Waals surface area contributed by atoms with E-state index in [1.54, 1.807) is 0 Å². The van der Waals surface area contributed by atoms with Gasteiger partial charge < -0.3 is 24.0 Å². The molecule has 2 aromatic heterocycles. The predicted molar refractivity (Wildman–Crippen MR) is 257 cm³/mol. The smallest absolute Gasteiger partial charge is 0.390 e. The highest BCUT2D eigenvalue weighted by molar-refractivity contribution is 6.66. The Morgan fingerprint density at radius 1 is 0.672 bits per heavy atom. The first-order valence-electron chi connectivity index (χ1n) is 25.4. The van der Waals surface area contributed by atoms with E-state index in [-0.39, 0.29) is 10.8 Å². The number of aromatic nitrogens is 2. The third-order valence-electron chi connectivity index (χ3n) is 18.5. The zero-order valence-electron chi connectivity index (χ0n) is 37.9. The van der Waals surface area contributed by atoms with Crippen LogP contribution in [0.2, 0.25) is 0 Å². The van der Waals surface area contributed by atoms with Gasteiger partial charge in [0.25, 0.3) is 0 Å². The normalized spacial score (nSPS) is 38.3. The third-order valence-corrected chi connectivity index (χ3v) is 21.6. The van der Waals surface area contributed by atoms with Gasteiger partial charge in [0.2, 0.25) is 0 Å². The van der Waals surface area contributed by atoms with E-state index in [1.165, 1.54) is 12.8 Å². The summed E-state index contributed by atoms with van der Waals surface area (Å²) in [6.07, 6.45) is 23.3. The highest BCUT2D eigenvalue weighted by Crippen LogP contribution is 2.64. The van der Waals surface area contributed by atoms with Gasteiger partial charge in [0.1, 0.15) is 34.6 Å². The van der Waals surface area contributed by atoms with Crippen molar-refractivity contribution in [2.24, 2.45) is 59.5 Å². The molecular formula is C54H56N8O4Si. The van der Waals surface area contributed by atoms with Crippen molar-refractivity contribution in [3.63, 3.8) is 0 Å². The third kappa shape index (κ3) is 5.46. The number of nitrogens with one attached hydrogen (secondary N) is 1. The molecule has 4 aromatic rings. The molecule has 5 atom stereocenters. The molecule has 4 aliphatic heterocycles. The predicted octanol–water partition coefficient (Wildman–Crippen LogP) is 8.36. The van der Waals surface area contributed by atoms with E-state index in [1.807, 2.05) is 0 Å². The van der Waals surface area contributed by atoms with Gasteiger partial charge >= 0.3 is 8.88 Å². The lowest BCUT2D eigenvalue weighted by Gasteiger charge is -2.61. The molecule has 6 heterocycles. The Kier molecular flexibility index (Phi) is 7.64. The number of amidine groups is 3. The summed E-state index contributed by atoms with van der Waals surface area (Å²) in [4.78, 5) is 32.3. The summed E-state index contributed by atoms with van der Waals surface area (Å²) >= 11 is 0. The van der Waals surface area contributed by atoms with E-state index >= 15 is 0 Å². The van der Waals surface area contributed by atoms with E-state index in [0.29, 0.717) is 48.6 Å². The van der Waals surface area contributed by atoms with Crippen LogP contribution in [-0.4, -0.2) is 74.8 Å². The van der Waals surface area contributed by atoms with Gasteiger partial charge in [-0.3, -0.25) is 8.80 Å². The molecule has 10 aliphatic carbocycles. The van der Waals surface area contributed by atoms with Crippen LogP contribution in [0.4, 0.5) is 11.6 Å². The number of nitrogens with zero attached hydrogens (tertiary/aromatic N) is 7. The summed E-state index contributed by atoms with van der Waals surface area (Å²) in [7, 11) is -4.32. The summed E-state index contributed by atoms with van der Waals surface area (Å²) < 4.78 is 21.3. The molecule has 8 saturated carbocycles. The Bertz CT molecular complexity index is 3160. The first kappa shape index (κ1) is 38.9. The quantitative estimate of drug-likeness (QED) is 0.167. The van der Waals surface area contributed by atoms with Crippen LogP contribution in [0.1, 0.15) is 125 Å². The number of allylic oxidation sites excluding steroid dienone is 2. The summed E-state index contributed by atoms with van der Waals surface area (Å²) in [5.41, 5.74) is 6.06. The Labute approximate surface area is 390 Å². The highest BCUT2D eigenvalue weighted by atomic mass is 28.4. The molecule has 18 rings (SSSR count). The van der Waals surface area contributed by atoms with Gasteiger partial charge in [0.15, 0.2) is 11.7 Å². The summed E-state index contributed by atoms with van der Waals surface area (Å²) in [6, 6.07) is 17.2. The first-order valence-corrected chi connectivity index (χ1v) is 27.1. The molecule has 8 fully saturated rings. The van der Waals surface area contributed by atoms with Crippen molar-refractivity contribution in [1.82, 2.24) is 13.8 Å². The molecule has 14 aliphatic rings. The van der Waals surface area contributed by atoms with Crippen molar-refractivity contribution in [3.8, 4) is 0 Å². The zero-order valence-corrected chi connectivity index (χ0v) is 38.9.